The summed E-state index contributed by atoms with van der Waals surface area (Å²) in [6.45, 7) is 6.18. The van der Waals surface area contributed by atoms with E-state index in [9.17, 15) is 9.90 Å². The number of phenolic OH excluding ortho intramolecular Hbond substituents is 1. The maximum absolute atomic E-state index is 12.1. The summed E-state index contributed by atoms with van der Waals surface area (Å²) in [6.07, 6.45) is 2.31. The van der Waals surface area contributed by atoms with Gasteiger partial charge in [-0.25, -0.2) is 4.79 Å². The van der Waals surface area contributed by atoms with Gasteiger partial charge in [-0.05, 0) is 45.4 Å². The Hall–Kier alpha value is -1.75. The van der Waals surface area contributed by atoms with Crippen LogP contribution in [0.1, 0.15) is 26.7 Å². The first-order valence-corrected chi connectivity index (χ1v) is 7.24. The second-order valence-electron chi connectivity index (χ2n) is 5.84. The minimum atomic E-state index is -0.142. The van der Waals surface area contributed by atoms with Gasteiger partial charge in [-0.1, -0.05) is 6.07 Å². The van der Waals surface area contributed by atoms with Crippen molar-refractivity contribution >= 4 is 11.0 Å². The molecule has 0 spiro atoms. The zero-order valence-corrected chi connectivity index (χ0v) is 12.0. The van der Waals surface area contributed by atoms with Crippen molar-refractivity contribution in [3.05, 3.63) is 28.7 Å². The van der Waals surface area contributed by atoms with E-state index in [4.69, 9.17) is 0 Å². The van der Waals surface area contributed by atoms with Gasteiger partial charge < -0.3 is 10.1 Å². The van der Waals surface area contributed by atoms with Gasteiger partial charge in [-0.3, -0.25) is 9.47 Å². The number of fused-ring (bicyclic) bond motifs is 1. The third kappa shape index (κ3) is 2.12. The molecule has 0 saturated carbocycles. The fourth-order valence-electron chi connectivity index (χ4n) is 3.29. The largest absolute Gasteiger partial charge is 0.506 e. The Morgan fingerprint density at radius 2 is 2.25 bits per heavy atom. The number of nitrogens with one attached hydrogen (secondary N) is 1. The molecule has 1 unspecified atom stereocenters. The molecule has 20 heavy (non-hydrogen) atoms. The molecule has 1 fully saturated rings. The Labute approximate surface area is 117 Å². The first-order chi connectivity index (χ1) is 9.58. The van der Waals surface area contributed by atoms with Crippen LogP contribution in [0.3, 0.4) is 0 Å². The summed E-state index contributed by atoms with van der Waals surface area (Å²) in [7, 11) is 0. The quantitative estimate of drug-likeness (QED) is 0.899. The summed E-state index contributed by atoms with van der Waals surface area (Å²) in [4.78, 5) is 17.3. The molecule has 1 atom stereocenters. The van der Waals surface area contributed by atoms with Crippen molar-refractivity contribution < 1.29 is 5.11 Å². The van der Waals surface area contributed by atoms with Crippen LogP contribution in [-0.4, -0.2) is 38.2 Å². The predicted octanol–water partition coefficient (Wildman–Crippen LogP) is 1.91. The zero-order chi connectivity index (χ0) is 14.3. The Bertz CT molecular complexity index is 671. The number of hydrogen-bond donors (Lipinski definition) is 2. The van der Waals surface area contributed by atoms with Crippen LogP contribution in [0.25, 0.3) is 11.0 Å². The van der Waals surface area contributed by atoms with E-state index in [-0.39, 0.29) is 11.4 Å². The molecule has 1 saturated heterocycles. The maximum atomic E-state index is 12.1. The fraction of sp³-hybridized carbons (Fsp3) is 0.533. The summed E-state index contributed by atoms with van der Waals surface area (Å²) in [5.74, 6) is 0.130. The summed E-state index contributed by atoms with van der Waals surface area (Å²) in [5, 5.41) is 9.82. The number of benzene rings is 1. The van der Waals surface area contributed by atoms with Gasteiger partial charge in [0.25, 0.3) is 0 Å². The molecule has 2 heterocycles. The normalized spacial score (nSPS) is 20.2. The van der Waals surface area contributed by atoms with E-state index < -0.39 is 0 Å². The van der Waals surface area contributed by atoms with Gasteiger partial charge in [0.05, 0.1) is 5.52 Å². The highest BCUT2D eigenvalue weighted by molar-refractivity contribution is 5.81. The number of H-pyrrole nitrogens is 1. The van der Waals surface area contributed by atoms with Gasteiger partial charge in [-0.15, -0.1) is 0 Å². The van der Waals surface area contributed by atoms with Gasteiger partial charge >= 0.3 is 5.69 Å². The average Bonchev–Trinajstić information content (AvgIpc) is 2.98. The third-order valence-electron chi connectivity index (χ3n) is 4.27. The van der Waals surface area contributed by atoms with Crippen LogP contribution < -0.4 is 5.69 Å². The Morgan fingerprint density at radius 1 is 1.45 bits per heavy atom. The molecule has 0 aliphatic carbocycles. The number of aromatic nitrogens is 2. The zero-order valence-electron chi connectivity index (χ0n) is 12.0. The van der Waals surface area contributed by atoms with Crippen molar-refractivity contribution in [2.24, 2.45) is 0 Å². The highest BCUT2D eigenvalue weighted by atomic mass is 16.3. The molecule has 0 radical (unpaired) electrons. The Morgan fingerprint density at radius 3 is 3.00 bits per heavy atom. The molecule has 1 aliphatic rings. The van der Waals surface area contributed by atoms with Gasteiger partial charge in [0.15, 0.2) is 0 Å². The van der Waals surface area contributed by atoms with Crippen LogP contribution in [-0.2, 0) is 6.54 Å². The highest BCUT2D eigenvalue weighted by Crippen LogP contribution is 2.24. The van der Waals surface area contributed by atoms with Gasteiger partial charge in [0.2, 0.25) is 0 Å². The molecule has 1 aromatic heterocycles. The topological polar surface area (TPSA) is 61.3 Å². The lowest BCUT2D eigenvalue weighted by Gasteiger charge is -2.28. The first kappa shape index (κ1) is 13.2. The van der Waals surface area contributed by atoms with E-state index in [1.807, 2.05) is 6.07 Å². The summed E-state index contributed by atoms with van der Waals surface area (Å²) in [5.41, 5.74) is 1.18. The summed E-state index contributed by atoms with van der Waals surface area (Å²) >= 11 is 0. The molecular weight excluding hydrogens is 254 g/mol. The third-order valence-corrected chi connectivity index (χ3v) is 4.27. The van der Waals surface area contributed by atoms with Crippen molar-refractivity contribution in [2.45, 2.75) is 45.3 Å². The van der Waals surface area contributed by atoms with Crippen molar-refractivity contribution in [2.75, 3.05) is 6.54 Å². The Balaban J connectivity index is 1.97. The molecule has 0 bridgehead atoms. The lowest BCUT2D eigenvalue weighted by molar-refractivity contribution is 0.187. The number of para-hydroxylation sites is 1. The lowest BCUT2D eigenvalue weighted by atomic mass is 10.2. The molecule has 1 aliphatic heterocycles. The van der Waals surface area contributed by atoms with Crippen molar-refractivity contribution in [1.29, 1.82) is 0 Å². The second kappa shape index (κ2) is 4.98. The number of aromatic amines is 1. The number of imidazole rings is 1. The van der Waals surface area contributed by atoms with Crippen LogP contribution in [0.15, 0.2) is 23.0 Å². The first-order valence-electron chi connectivity index (χ1n) is 7.24. The SMILES string of the molecule is CC(C)N1CCCC1Cn1c(=O)[nH]c2c(O)cccc21. The van der Waals surface area contributed by atoms with Gasteiger partial charge in [0, 0.05) is 18.6 Å². The molecule has 108 valence electrons. The van der Waals surface area contributed by atoms with Crippen LogP contribution in [0.4, 0.5) is 0 Å². The molecule has 5 heteroatoms. The van der Waals surface area contributed by atoms with E-state index >= 15 is 0 Å². The van der Waals surface area contributed by atoms with E-state index in [0.29, 0.717) is 24.1 Å². The lowest BCUT2D eigenvalue weighted by Crippen LogP contribution is -2.39. The van der Waals surface area contributed by atoms with Crippen molar-refractivity contribution in [3.63, 3.8) is 0 Å². The van der Waals surface area contributed by atoms with Crippen molar-refractivity contribution in [1.82, 2.24) is 14.5 Å². The second-order valence-corrected chi connectivity index (χ2v) is 5.84. The number of nitrogens with zero attached hydrogens (tertiary/aromatic N) is 2. The van der Waals surface area contributed by atoms with Crippen LogP contribution in [0, 0.1) is 0 Å². The monoisotopic (exact) mass is 275 g/mol. The molecule has 5 nitrogen and oxygen atoms in total. The maximum Gasteiger partial charge on any atom is 0.326 e. The number of aromatic hydroxyl groups is 1. The average molecular weight is 275 g/mol. The van der Waals surface area contributed by atoms with E-state index in [1.54, 1.807) is 16.7 Å². The van der Waals surface area contributed by atoms with Gasteiger partial charge in [-0.2, -0.15) is 0 Å². The predicted molar refractivity (Wildman–Crippen MR) is 79.1 cm³/mol. The highest BCUT2D eigenvalue weighted by Gasteiger charge is 2.27. The number of hydrogen-bond acceptors (Lipinski definition) is 3. The van der Waals surface area contributed by atoms with E-state index in [2.05, 4.69) is 23.7 Å². The van der Waals surface area contributed by atoms with Crippen LogP contribution in [0.2, 0.25) is 0 Å². The molecule has 2 N–H and O–H groups in total. The van der Waals surface area contributed by atoms with Crippen LogP contribution >= 0.6 is 0 Å². The molecule has 2 aromatic rings. The van der Waals surface area contributed by atoms with E-state index in [1.165, 1.54) is 6.42 Å². The molecular formula is C15H21N3O2. The minimum absolute atomic E-state index is 0.130. The summed E-state index contributed by atoms with van der Waals surface area (Å²) < 4.78 is 1.75. The van der Waals surface area contributed by atoms with Gasteiger partial charge in [0.1, 0.15) is 11.3 Å². The molecule has 3 rings (SSSR count). The fourth-order valence-corrected chi connectivity index (χ4v) is 3.29. The smallest absolute Gasteiger partial charge is 0.326 e. The van der Waals surface area contributed by atoms with Crippen LogP contribution in [0.5, 0.6) is 5.75 Å². The number of phenols is 1. The van der Waals surface area contributed by atoms with Crippen molar-refractivity contribution in [3.8, 4) is 5.75 Å². The summed E-state index contributed by atoms with van der Waals surface area (Å²) in [6, 6.07) is 6.14. The molecule has 0 amide bonds. The Kier molecular flexibility index (Phi) is 3.30. The standard InChI is InChI=1S/C15H21N3O2/c1-10(2)17-8-4-5-11(17)9-18-12-6-3-7-13(19)14(12)16-15(18)20/h3,6-7,10-11,19H,4-5,8-9H2,1-2H3,(H,16,20). The number of rotatable bonds is 3. The number of likely N-dealkylation sites (tertiary alicyclic amines) is 1. The molecule has 1 aromatic carbocycles. The minimum Gasteiger partial charge on any atom is -0.506 e. The van der Waals surface area contributed by atoms with E-state index in [0.717, 1.165) is 18.5 Å².